The number of rotatable bonds is 1. The zero-order chi connectivity index (χ0) is 10.8. The normalized spacial score (nSPS) is 12.4. The summed E-state index contributed by atoms with van der Waals surface area (Å²) in [5.41, 5.74) is 0.224. The molecular weight excluding hydrogens is 201 g/mol. The highest BCUT2D eigenvalue weighted by Crippen LogP contribution is 2.14. The largest absolute Gasteiger partial charge is 0.287 e. The van der Waals surface area contributed by atoms with Gasteiger partial charge in [-0.25, -0.2) is 4.39 Å². The summed E-state index contributed by atoms with van der Waals surface area (Å²) in [7, 11) is 0. The standard InChI is InChI=1S/C11H13ClFN/c1-11(2,3)14-7-8-6-9(12)4-5-10(8)13/h4-7H,1-3H3. The highest BCUT2D eigenvalue weighted by molar-refractivity contribution is 6.30. The van der Waals surface area contributed by atoms with E-state index in [0.29, 0.717) is 10.6 Å². The van der Waals surface area contributed by atoms with Crippen molar-refractivity contribution in [2.75, 3.05) is 0 Å². The summed E-state index contributed by atoms with van der Waals surface area (Å²) >= 11 is 5.74. The van der Waals surface area contributed by atoms with Gasteiger partial charge >= 0.3 is 0 Å². The lowest BCUT2D eigenvalue weighted by molar-refractivity contribution is 0.585. The minimum Gasteiger partial charge on any atom is -0.287 e. The van der Waals surface area contributed by atoms with Crippen LogP contribution in [0.2, 0.25) is 5.02 Å². The molecule has 3 heteroatoms. The highest BCUT2D eigenvalue weighted by Gasteiger charge is 2.06. The van der Waals surface area contributed by atoms with E-state index in [-0.39, 0.29) is 11.4 Å². The first-order valence-electron chi connectivity index (χ1n) is 4.39. The van der Waals surface area contributed by atoms with Crippen molar-refractivity contribution in [2.24, 2.45) is 4.99 Å². The Balaban J connectivity index is 2.97. The molecule has 0 aliphatic carbocycles. The molecule has 0 amide bonds. The van der Waals surface area contributed by atoms with Crippen molar-refractivity contribution in [1.82, 2.24) is 0 Å². The second-order valence-electron chi connectivity index (χ2n) is 4.09. The zero-order valence-corrected chi connectivity index (χ0v) is 9.27. The molecule has 0 unspecified atom stereocenters. The average molecular weight is 214 g/mol. The Bertz CT molecular complexity index is 353. The molecule has 0 saturated carbocycles. The van der Waals surface area contributed by atoms with Gasteiger partial charge in [0.15, 0.2) is 0 Å². The smallest absolute Gasteiger partial charge is 0.132 e. The summed E-state index contributed by atoms with van der Waals surface area (Å²) in [5.74, 6) is -0.303. The Hall–Kier alpha value is -0.890. The molecule has 1 nitrogen and oxygen atoms in total. The molecule has 14 heavy (non-hydrogen) atoms. The summed E-state index contributed by atoms with van der Waals surface area (Å²) in [6.45, 7) is 5.85. The Labute approximate surface area is 88.6 Å². The van der Waals surface area contributed by atoms with Crippen molar-refractivity contribution in [2.45, 2.75) is 26.3 Å². The van der Waals surface area contributed by atoms with Crippen LogP contribution in [0.1, 0.15) is 26.3 Å². The van der Waals surface area contributed by atoms with Crippen LogP contribution in [0.15, 0.2) is 23.2 Å². The summed E-state index contributed by atoms with van der Waals surface area (Å²) in [5, 5.41) is 0.516. The van der Waals surface area contributed by atoms with Gasteiger partial charge in [-0.1, -0.05) is 11.6 Å². The van der Waals surface area contributed by atoms with Crippen LogP contribution in [0.3, 0.4) is 0 Å². The molecule has 1 rings (SSSR count). The number of halogens is 2. The van der Waals surface area contributed by atoms with Gasteiger partial charge in [-0.3, -0.25) is 4.99 Å². The molecule has 0 aliphatic rings. The molecule has 0 aromatic heterocycles. The molecule has 1 aromatic rings. The maximum Gasteiger partial charge on any atom is 0.132 e. The van der Waals surface area contributed by atoms with E-state index in [2.05, 4.69) is 4.99 Å². The predicted molar refractivity (Wildman–Crippen MR) is 58.8 cm³/mol. The molecule has 0 fully saturated rings. The van der Waals surface area contributed by atoms with Gasteiger partial charge in [-0.05, 0) is 39.0 Å². The summed E-state index contributed by atoms with van der Waals surface area (Å²) in [6, 6.07) is 4.42. The van der Waals surface area contributed by atoms with E-state index in [1.807, 2.05) is 20.8 Å². The SMILES string of the molecule is CC(C)(C)N=Cc1cc(Cl)ccc1F. The fourth-order valence-corrected chi connectivity index (χ4v) is 1.06. The van der Waals surface area contributed by atoms with E-state index in [1.54, 1.807) is 6.07 Å². The molecule has 0 atom stereocenters. The fourth-order valence-electron chi connectivity index (χ4n) is 0.877. The third-order valence-electron chi connectivity index (χ3n) is 1.55. The Morgan fingerprint density at radius 1 is 1.36 bits per heavy atom. The van der Waals surface area contributed by atoms with Crippen LogP contribution in [0.5, 0.6) is 0 Å². The monoisotopic (exact) mass is 213 g/mol. The maximum atomic E-state index is 13.2. The zero-order valence-electron chi connectivity index (χ0n) is 8.51. The Morgan fingerprint density at radius 2 is 2.00 bits per heavy atom. The molecule has 76 valence electrons. The molecule has 0 bridgehead atoms. The second kappa shape index (κ2) is 4.09. The Kier molecular flexibility index (Phi) is 3.27. The first kappa shape index (κ1) is 11.2. The second-order valence-corrected chi connectivity index (χ2v) is 4.53. The molecule has 0 heterocycles. The molecule has 0 radical (unpaired) electrons. The van der Waals surface area contributed by atoms with Crippen molar-refractivity contribution in [3.05, 3.63) is 34.6 Å². The van der Waals surface area contributed by atoms with Crippen LogP contribution in [-0.4, -0.2) is 11.8 Å². The highest BCUT2D eigenvalue weighted by atomic mass is 35.5. The average Bonchev–Trinajstić information content (AvgIpc) is 2.05. The van der Waals surface area contributed by atoms with Crippen molar-refractivity contribution in [1.29, 1.82) is 0 Å². The third kappa shape index (κ3) is 3.46. The lowest BCUT2D eigenvalue weighted by atomic mass is 10.1. The van der Waals surface area contributed by atoms with E-state index in [4.69, 9.17) is 11.6 Å². The first-order valence-corrected chi connectivity index (χ1v) is 4.76. The maximum absolute atomic E-state index is 13.2. The first-order chi connectivity index (χ1) is 6.38. The number of nitrogens with zero attached hydrogens (tertiary/aromatic N) is 1. The molecule has 0 saturated heterocycles. The van der Waals surface area contributed by atoms with Crippen LogP contribution < -0.4 is 0 Å². The van der Waals surface area contributed by atoms with Crippen molar-refractivity contribution in [3.8, 4) is 0 Å². The van der Waals surface area contributed by atoms with Crippen molar-refractivity contribution in [3.63, 3.8) is 0 Å². The molecular formula is C11H13ClFN. The van der Waals surface area contributed by atoms with Gasteiger partial charge in [0.2, 0.25) is 0 Å². The fraction of sp³-hybridized carbons (Fsp3) is 0.364. The van der Waals surface area contributed by atoms with E-state index in [0.717, 1.165) is 0 Å². The van der Waals surface area contributed by atoms with Crippen LogP contribution >= 0.6 is 11.6 Å². The Morgan fingerprint density at radius 3 is 2.57 bits per heavy atom. The molecule has 1 aromatic carbocycles. The van der Waals surface area contributed by atoms with Crippen molar-refractivity contribution < 1.29 is 4.39 Å². The van der Waals surface area contributed by atoms with Crippen LogP contribution in [0, 0.1) is 5.82 Å². The van der Waals surface area contributed by atoms with Crippen LogP contribution in [0.25, 0.3) is 0 Å². The van der Waals surface area contributed by atoms with E-state index in [1.165, 1.54) is 18.3 Å². The van der Waals surface area contributed by atoms with E-state index < -0.39 is 0 Å². The number of hydrogen-bond donors (Lipinski definition) is 0. The molecule has 0 N–H and O–H groups in total. The van der Waals surface area contributed by atoms with Crippen molar-refractivity contribution >= 4 is 17.8 Å². The topological polar surface area (TPSA) is 12.4 Å². The minimum absolute atomic E-state index is 0.200. The lowest BCUT2D eigenvalue weighted by Gasteiger charge is -2.10. The van der Waals surface area contributed by atoms with Gasteiger partial charge in [-0.15, -0.1) is 0 Å². The van der Waals surface area contributed by atoms with E-state index >= 15 is 0 Å². The number of benzene rings is 1. The molecule has 0 spiro atoms. The van der Waals surface area contributed by atoms with Gasteiger partial charge in [0.1, 0.15) is 5.82 Å². The lowest BCUT2D eigenvalue weighted by Crippen LogP contribution is -2.09. The van der Waals surface area contributed by atoms with Crippen LogP contribution in [0.4, 0.5) is 4.39 Å². The summed E-state index contributed by atoms with van der Waals surface area (Å²) < 4.78 is 13.2. The van der Waals surface area contributed by atoms with Crippen LogP contribution in [-0.2, 0) is 0 Å². The van der Waals surface area contributed by atoms with Gasteiger partial charge in [0.05, 0.1) is 5.54 Å². The quantitative estimate of drug-likeness (QED) is 0.631. The molecule has 0 aliphatic heterocycles. The van der Waals surface area contributed by atoms with Gasteiger partial charge in [0.25, 0.3) is 0 Å². The predicted octanol–water partition coefficient (Wildman–Crippen LogP) is 3.70. The number of hydrogen-bond acceptors (Lipinski definition) is 1. The third-order valence-corrected chi connectivity index (χ3v) is 1.78. The van der Waals surface area contributed by atoms with Gasteiger partial charge in [0, 0.05) is 16.8 Å². The summed E-state index contributed by atoms with van der Waals surface area (Å²) in [6.07, 6.45) is 1.52. The number of aliphatic imine (C=N–C) groups is 1. The van der Waals surface area contributed by atoms with Gasteiger partial charge < -0.3 is 0 Å². The minimum atomic E-state index is -0.303. The summed E-state index contributed by atoms with van der Waals surface area (Å²) in [4.78, 5) is 4.21. The van der Waals surface area contributed by atoms with E-state index in [9.17, 15) is 4.39 Å². The van der Waals surface area contributed by atoms with Gasteiger partial charge in [-0.2, -0.15) is 0 Å².